The van der Waals surface area contributed by atoms with E-state index in [4.69, 9.17) is 10.5 Å². The minimum atomic E-state index is -0.250. The highest BCUT2D eigenvalue weighted by molar-refractivity contribution is 5.73. The lowest BCUT2D eigenvalue weighted by atomic mass is 10.1. The smallest absolute Gasteiger partial charge is 0.217 e. The van der Waals surface area contributed by atoms with Crippen LogP contribution in [0.25, 0.3) is 0 Å². The number of carbonyl (C=O) groups excluding carboxylic acids is 1. The predicted octanol–water partition coefficient (Wildman–Crippen LogP) is 1.07. The van der Waals surface area contributed by atoms with E-state index in [-0.39, 0.29) is 17.7 Å². The van der Waals surface area contributed by atoms with Crippen LogP contribution in [0.1, 0.15) is 30.9 Å². The molecule has 1 aliphatic heterocycles. The first-order valence-electron chi connectivity index (χ1n) is 6.14. The molecule has 5 heteroatoms. The van der Waals surface area contributed by atoms with Crippen molar-refractivity contribution in [3.63, 3.8) is 0 Å². The van der Waals surface area contributed by atoms with Gasteiger partial charge in [-0.15, -0.1) is 0 Å². The molecule has 1 heterocycles. The minimum Gasteiger partial charge on any atom is -0.508 e. The van der Waals surface area contributed by atoms with Gasteiger partial charge in [0.1, 0.15) is 18.1 Å². The van der Waals surface area contributed by atoms with E-state index in [9.17, 15) is 9.90 Å². The van der Waals surface area contributed by atoms with Crippen molar-refractivity contribution in [2.24, 2.45) is 5.73 Å². The van der Waals surface area contributed by atoms with Crippen LogP contribution in [0.4, 0.5) is 0 Å². The van der Waals surface area contributed by atoms with Crippen molar-refractivity contribution in [3.05, 3.63) is 23.8 Å². The van der Waals surface area contributed by atoms with E-state index in [1.807, 2.05) is 6.07 Å². The highest BCUT2D eigenvalue weighted by Crippen LogP contribution is 2.34. The topological polar surface area (TPSA) is 84.6 Å². The molecule has 1 atom stereocenters. The molecule has 98 valence electrons. The molecular formula is C13H18N2O3. The average molecular weight is 250 g/mol. The van der Waals surface area contributed by atoms with Crippen molar-refractivity contribution < 1.29 is 14.6 Å². The summed E-state index contributed by atoms with van der Waals surface area (Å²) in [6.45, 7) is 1.40. The number of aromatic hydroxyl groups is 1. The number of nitrogens with two attached hydrogens (primary N) is 1. The third-order valence-corrected chi connectivity index (χ3v) is 3.02. The summed E-state index contributed by atoms with van der Waals surface area (Å²) in [5.74, 6) is 0.709. The van der Waals surface area contributed by atoms with Gasteiger partial charge in [0, 0.05) is 18.1 Å². The fraction of sp³-hybridized carbons (Fsp3) is 0.462. The van der Waals surface area contributed by atoms with Crippen LogP contribution in [0.5, 0.6) is 11.5 Å². The Morgan fingerprint density at radius 2 is 2.33 bits per heavy atom. The zero-order valence-electron chi connectivity index (χ0n) is 10.2. The number of ether oxygens (including phenoxy) is 1. The Morgan fingerprint density at radius 1 is 1.50 bits per heavy atom. The predicted molar refractivity (Wildman–Crippen MR) is 67.4 cm³/mol. The second-order valence-corrected chi connectivity index (χ2v) is 4.46. The molecule has 0 aromatic heterocycles. The van der Waals surface area contributed by atoms with E-state index in [0.717, 1.165) is 30.7 Å². The second-order valence-electron chi connectivity index (χ2n) is 4.46. The molecule has 18 heavy (non-hydrogen) atoms. The standard InChI is InChI=1S/C13H18N2O3/c14-13(17)3-1-2-6-15-11-8-18-12-7-9(16)4-5-10(11)12/h4-5,7,11,15-16H,1-3,6,8H2,(H2,14,17). The maximum atomic E-state index is 10.6. The van der Waals surface area contributed by atoms with Gasteiger partial charge in [-0.05, 0) is 31.5 Å². The third kappa shape index (κ3) is 3.13. The average Bonchev–Trinajstić information content (AvgIpc) is 2.70. The number of unbranched alkanes of at least 4 members (excludes halogenated alkanes) is 1. The summed E-state index contributed by atoms with van der Waals surface area (Å²) in [6.07, 6.45) is 2.15. The molecule has 0 bridgehead atoms. The second kappa shape index (κ2) is 5.73. The summed E-state index contributed by atoms with van der Waals surface area (Å²) in [5.41, 5.74) is 6.14. The first kappa shape index (κ1) is 12.7. The van der Waals surface area contributed by atoms with E-state index < -0.39 is 0 Å². The van der Waals surface area contributed by atoms with Crippen molar-refractivity contribution in [3.8, 4) is 11.5 Å². The van der Waals surface area contributed by atoms with Crippen LogP contribution in [0, 0.1) is 0 Å². The van der Waals surface area contributed by atoms with Crippen molar-refractivity contribution in [2.45, 2.75) is 25.3 Å². The quantitative estimate of drug-likeness (QED) is 0.659. The molecular weight excluding hydrogens is 232 g/mol. The Bertz CT molecular complexity index is 434. The van der Waals surface area contributed by atoms with Crippen molar-refractivity contribution in [2.75, 3.05) is 13.2 Å². The lowest BCUT2D eigenvalue weighted by Crippen LogP contribution is -2.23. The number of carbonyl (C=O) groups is 1. The lowest BCUT2D eigenvalue weighted by Gasteiger charge is -2.11. The van der Waals surface area contributed by atoms with Crippen molar-refractivity contribution in [1.82, 2.24) is 5.32 Å². The van der Waals surface area contributed by atoms with E-state index in [2.05, 4.69) is 5.32 Å². The molecule has 1 aromatic rings. The number of phenols is 1. The first-order chi connectivity index (χ1) is 8.66. The van der Waals surface area contributed by atoms with Crippen LogP contribution in [-0.4, -0.2) is 24.2 Å². The first-order valence-corrected chi connectivity index (χ1v) is 6.14. The van der Waals surface area contributed by atoms with Gasteiger partial charge in [-0.3, -0.25) is 4.79 Å². The van der Waals surface area contributed by atoms with E-state index in [0.29, 0.717) is 13.0 Å². The molecule has 0 saturated heterocycles. The molecule has 0 aliphatic carbocycles. The Labute approximate surface area is 106 Å². The molecule has 0 saturated carbocycles. The summed E-state index contributed by atoms with van der Waals surface area (Å²) in [7, 11) is 0. The zero-order valence-corrected chi connectivity index (χ0v) is 10.2. The number of hydrogen-bond acceptors (Lipinski definition) is 4. The minimum absolute atomic E-state index is 0.161. The molecule has 1 amide bonds. The van der Waals surface area contributed by atoms with Gasteiger partial charge in [-0.1, -0.05) is 0 Å². The Kier molecular flexibility index (Phi) is 4.04. The van der Waals surface area contributed by atoms with E-state index in [1.54, 1.807) is 12.1 Å². The van der Waals surface area contributed by atoms with Gasteiger partial charge in [0.2, 0.25) is 5.91 Å². The molecule has 1 aliphatic rings. The molecule has 5 nitrogen and oxygen atoms in total. The lowest BCUT2D eigenvalue weighted by molar-refractivity contribution is -0.118. The number of hydrogen-bond donors (Lipinski definition) is 3. The maximum absolute atomic E-state index is 10.6. The SMILES string of the molecule is NC(=O)CCCCNC1COc2cc(O)ccc21. The van der Waals surface area contributed by atoms with Crippen molar-refractivity contribution in [1.29, 1.82) is 0 Å². The maximum Gasteiger partial charge on any atom is 0.217 e. The summed E-state index contributed by atoms with van der Waals surface area (Å²) in [5, 5.41) is 12.7. The highest BCUT2D eigenvalue weighted by Gasteiger charge is 2.23. The molecule has 1 aromatic carbocycles. The Balaban J connectivity index is 1.78. The summed E-state index contributed by atoms with van der Waals surface area (Å²) in [6, 6.07) is 5.33. The number of primary amides is 1. The van der Waals surface area contributed by atoms with Crippen LogP contribution >= 0.6 is 0 Å². The van der Waals surface area contributed by atoms with Crippen LogP contribution in [0.15, 0.2) is 18.2 Å². The molecule has 0 fully saturated rings. The number of rotatable bonds is 6. The van der Waals surface area contributed by atoms with E-state index in [1.165, 1.54) is 0 Å². The Hall–Kier alpha value is -1.75. The van der Waals surface area contributed by atoms with Crippen LogP contribution in [-0.2, 0) is 4.79 Å². The number of phenolic OH excluding ortho intramolecular Hbond substituents is 1. The van der Waals surface area contributed by atoms with Gasteiger partial charge >= 0.3 is 0 Å². The van der Waals surface area contributed by atoms with Gasteiger partial charge in [0.15, 0.2) is 0 Å². The van der Waals surface area contributed by atoms with Gasteiger partial charge in [-0.2, -0.15) is 0 Å². The molecule has 2 rings (SSSR count). The van der Waals surface area contributed by atoms with Gasteiger partial charge in [0.05, 0.1) is 6.04 Å². The van der Waals surface area contributed by atoms with Crippen molar-refractivity contribution >= 4 is 5.91 Å². The van der Waals surface area contributed by atoms with Crippen LogP contribution in [0.2, 0.25) is 0 Å². The molecule has 0 spiro atoms. The summed E-state index contributed by atoms with van der Waals surface area (Å²) >= 11 is 0. The van der Waals surface area contributed by atoms with E-state index >= 15 is 0 Å². The number of fused-ring (bicyclic) bond motifs is 1. The summed E-state index contributed by atoms with van der Waals surface area (Å²) < 4.78 is 5.49. The number of amides is 1. The van der Waals surface area contributed by atoms with Crippen LogP contribution < -0.4 is 15.8 Å². The summed E-state index contributed by atoms with van der Waals surface area (Å²) in [4.78, 5) is 10.6. The van der Waals surface area contributed by atoms with Gasteiger partial charge in [-0.25, -0.2) is 0 Å². The molecule has 4 N–H and O–H groups in total. The fourth-order valence-corrected chi connectivity index (χ4v) is 2.07. The monoisotopic (exact) mass is 250 g/mol. The normalized spacial score (nSPS) is 17.2. The zero-order chi connectivity index (χ0) is 13.0. The molecule has 0 radical (unpaired) electrons. The largest absolute Gasteiger partial charge is 0.508 e. The number of nitrogens with one attached hydrogen (secondary N) is 1. The number of benzene rings is 1. The highest BCUT2D eigenvalue weighted by atomic mass is 16.5. The fourth-order valence-electron chi connectivity index (χ4n) is 2.07. The molecule has 1 unspecified atom stereocenters. The van der Waals surface area contributed by atoms with Crippen LogP contribution in [0.3, 0.4) is 0 Å². The van der Waals surface area contributed by atoms with Gasteiger partial charge in [0.25, 0.3) is 0 Å². The third-order valence-electron chi connectivity index (χ3n) is 3.02. The Morgan fingerprint density at radius 3 is 3.11 bits per heavy atom. The van der Waals surface area contributed by atoms with Gasteiger partial charge < -0.3 is 20.9 Å².